The largest absolute Gasteiger partial charge is 0.493 e. The minimum absolute atomic E-state index is 0.120. The maximum absolute atomic E-state index is 13.9. The summed E-state index contributed by atoms with van der Waals surface area (Å²) in [5.41, 5.74) is 2.61. The highest BCUT2D eigenvalue weighted by Gasteiger charge is 2.34. The molecule has 43 heavy (non-hydrogen) atoms. The summed E-state index contributed by atoms with van der Waals surface area (Å²) in [5.74, 6) is 0.932. The number of hydrogen-bond acceptors (Lipinski definition) is 9. The molecule has 1 fully saturated rings. The number of nitrogens with zero attached hydrogens (tertiary/aromatic N) is 2. The second-order valence-electron chi connectivity index (χ2n) is 10.0. The Bertz CT molecular complexity index is 1570. The number of amides is 1. The maximum Gasteiger partial charge on any atom is 0.337 e. The highest BCUT2D eigenvalue weighted by molar-refractivity contribution is 7.89. The molecule has 0 aliphatic carbocycles. The van der Waals surface area contributed by atoms with Crippen molar-refractivity contribution in [3.8, 4) is 17.2 Å². The van der Waals surface area contributed by atoms with Gasteiger partial charge in [-0.25, -0.2) is 13.2 Å². The fourth-order valence-electron chi connectivity index (χ4n) is 5.30. The lowest BCUT2D eigenvalue weighted by Crippen LogP contribution is -2.42. The summed E-state index contributed by atoms with van der Waals surface area (Å²) >= 11 is 0. The van der Waals surface area contributed by atoms with Crippen molar-refractivity contribution >= 4 is 21.9 Å². The van der Waals surface area contributed by atoms with E-state index in [0.29, 0.717) is 54.6 Å². The molecular weight excluding hydrogens is 576 g/mol. The Balaban J connectivity index is 1.42. The van der Waals surface area contributed by atoms with E-state index in [1.807, 2.05) is 12.1 Å². The third-order valence-corrected chi connectivity index (χ3v) is 9.57. The number of fused-ring (bicyclic) bond motifs is 1. The third kappa shape index (κ3) is 6.31. The standard InChI is InChI=1S/C31H34N2O9S/c1-38-28-18-23-12-13-33(30(34)21-6-10-25(11-7-21)43(36,37)32-14-16-41-17-15-32)27(26(23)19-29(28)39-2)20-42-24-8-4-22(5-9-24)31(35)40-3/h4-11,18-19,27H,12-17,20H2,1-3H3. The summed E-state index contributed by atoms with van der Waals surface area (Å²) in [6.45, 7) is 1.80. The Labute approximate surface area is 250 Å². The molecule has 1 unspecified atom stereocenters. The van der Waals surface area contributed by atoms with E-state index >= 15 is 0 Å². The molecule has 5 rings (SSSR count). The number of methoxy groups -OCH3 is 3. The van der Waals surface area contributed by atoms with Crippen LogP contribution in [0, 0.1) is 0 Å². The fourth-order valence-corrected chi connectivity index (χ4v) is 6.71. The van der Waals surface area contributed by atoms with Crippen LogP contribution in [-0.2, 0) is 25.9 Å². The first-order chi connectivity index (χ1) is 20.8. The zero-order valence-electron chi connectivity index (χ0n) is 24.3. The average molecular weight is 611 g/mol. The van der Waals surface area contributed by atoms with Gasteiger partial charge in [-0.2, -0.15) is 4.31 Å². The van der Waals surface area contributed by atoms with E-state index in [9.17, 15) is 18.0 Å². The van der Waals surface area contributed by atoms with Gasteiger partial charge in [0.1, 0.15) is 12.4 Å². The highest BCUT2D eigenvalue weighted by atomic mass is 32.2. The van der Waals surface area contributed by atoms with Crippen molar-refractivity contribution in [2.45, 2.75) is 17.4 Å². The summed E-state index contributed by atoms with van der Waals surface area (Å²) in [4.78, 5) is 27.6. The van der Waals surface area contributed by atoms with E-state index in [-0.39, 0.29) is 30.5 Å². The van der Waals surface area contributed by atoms with Gasteiger partial charge in [0.25, 0.3) is 5.91 Å². The summed E-state index contributed by atoms with van der Waals surface area (Å²) < 4.78 is 54.8. The van der Waals surface area contributed by atoms with Crippen molar-refractivity contribution in [2.24, 2.45) is 0 Å². The van der Waals surface area contributed by atoms with Crippen LogP contribution in [0.25, 0.3) is 0 Å². The normalized spacial score (nSPS) is 17.1. The maximum atomic E-state index is 13.9. The number of carbonyl (C=O) groups excluding carboxylic acids is 2. The quantitative estimate of drug-likeness (QED) is 0.336. The van der Waals surface area contributed by atoms with Gasteiger partial charge in [0, 0.05) is 25.2 Å². The molecule has 1 atom stereocenters. The Morgan fingerprint density at radius 3 is 2.12 bits per heavy atom. The number of hydrogen-bond donors (Lipinski definition) is 0. The smallest absolute Gasteiger partial charge is 0.337 e. The van der Waals surface area contributed by atoms with Gasteiger partial charge in [-0.15, -0.1) is 0 Å². The molecule has 0 radical (unpaired) electrons. The van der Waals surface area contributed by atoms with Crippen LogP contribution < -0.4 is 14.2 Å². The van der Waals surface area contributed by atoms with Gasteiger partial charge in [-0.1, -0.05) is 0 Å². The third-order valence-electron chi connectivity index (χ3n) is 7.66. The van der Waals surface area contributed by atoms with Gasteiger partial charge in [0.05, 0.1) is 51.0 Å². The second-order valence-corrected chi connectivity index (χ2v) is 12.0. The lowest BCUT2D eigenvalue weighted by molar-refractivity contribution is 0.0582. The number of esters is 1. The van der Waals surface area contributed by atoms with Crippen molar-refractivity contribution in [1.82, 2.24) is 9.21 Å². The van der Waals surface area contributed by atoms with Gasteiger partial charge < -0.3 is 28.6 Å². The van der Waals surface area contributed by atoms with Crippen LogP contribution in [0.15, 0.2) is 65.6 Å². The van der Waals surface area contributed by atoms with Crippen molar-refractivity contribution in [1.29, 1.82) is 0 Å². The van der Waals surface area contributed by atoms with Crippen LogP contribution >= 0.6 is 0 Å². The molecular formula is C31H34N2O9S. The molecule has 0 spiro atoms. The number of rotatable bonds is 9. The summed E-state index contributed by atoms with van der Waals surface area (Å²) in [5, 5.41) is 0. The van der Waals surface area contributed by atoms with Crippen LogP contribution in [-0.4, -0.2) is 90.3 Å². The highest BCUT2D eigenvalue weighted by Crippen LogP contribution is 2.39. The fraction of sp³-hybridized carbons (Fsp3) is 0.355. The molecule has 3 aromatic carbocycles. The Morgan fingerprint density at radius 2 is 1.49 bits per heavy atom. The van der Waals surface area contributed by atoms with E-state index < -0.39 is 22.0 Å². The summed E-state index contributed by atoms with van der Waals surface area (Å²) in [6, 6.07) is 15.9. The lowest BCUT2D eigenvalue weighted by Gasteiger charge is -2.37. The first-order valence-electron chi connectivity index (χ1n) is 13.8. The van der Waals surface area contributed by atoms with Gasteiger partial charge in [-0.3, -0.25) is 4.79 Å². The van der Waals surface area contributed by atoms with E-state index in [1.165, 1.54) is 23.5 Å². The Kier molecular flexibility index (Phi) is 9.19. The minimum Gasteiger partial charge on any atom is -0.493 e. The van der Waals surface area contributed by atoms with Gasteiger partial charge in [0.15, 0.2) is 11.5 Å². The molecule has 3 aromatic rings. The number of ether oxygens (including phenoxy) is 5. The Hall–Kier alpha value is -4.13. The van der Waals surface area contributed by atoms with Crippen LogP contribution in [0.5, 0.6) is 17.2 Å². The zero-order valence-corrected chi connectivity index (χ0v) is 25.1. The van der Waals surface area contributed by atoms with Crippen LogP contribution in [0.3, 0.4) is 0 Å². The Morgan fingerprint density at radius 1 is 0.860 bits per heavy atom. The van der Waals surface area contributed by atoms with Crippen LogP contribution in [0.4, 0.5) is 0 Å². The topological polar surface area (TPSA) is 121 Å². The predicted molar refractivity (Wildman–Crippen MR) is 156 cm³/mol. The first kappa shape index (κ1) is 30.3. The molecule has 2 aliphatic heterocycles. The van der Waals surface area contributed by atoms with E-state index in [0.717, 1.165) is 11.1 Å². The van der Waals surface area contributed by atoms with Crippen molar-refractivity contribution in [3.63, 3.8) is 0 Å². The molecule has 0 N–H and O–H groups in total. The number of morpholine rings is 1. The van der Waals surface area contributed by atoms with Crippen molar-refractivity contribution in [2.75, 3.05) is 60.8 Å². The van der Waals surface area contributed by atoms with Crippen molar-refractivity contribution < 1.29 is 41.7 Å². The van der Waals surface area contributed by atoms with Crippen LogP contribution in [0.1, 0.15) is 37.9 Å². The van der Waals surface area contributed by atoms with Crippen molar-refractivity contribution in [3.05, 3.63) is 82.9 Å². The van der Waals surface area contributed by atoms with Gasteiger partial charge in [0.2, 0.25) is 10.0 Å². The van der Waals surface area contributed by atoms with Crippen LogP contribution in [0.2, 0.25) is 0 Å². The van der Waals surface area contributed by atoms with E-state index in [1.54, 1.807) is 55.5 Å². The number of benzene rings is 3. The monoisotopic (exact) mass is 610 g/mol. The molecule has 2 aliphatic rings. The molecule has 0 saturated carbocycles. The molecule has 12 heteroatoms. The summed E-state index contributed by atoms with van der Waals surface area (Å²) in [6.07, 6.45) is 0.579. The second kappa shape index (κ2) is 13.0. The zero-order chi connectivity index (χ0) is 30.6. The molecule has 228 valence electrons. The van der Waals surface area contributed by atoms with Gasteiger partial charge >= 0.3 is 5.97 Å². The molecule has 1 amide bonds. The van der Waals surface area contributed by atoms with E-state index in [2.05, 4.69) is 0 Å². The first-order valence-corrected chi connectivity index (χ1v) is 15.3. The number of carbonyl (C=O) groups is 2. The van der Waals surface area contributed by atoms with Gasteiger partial charge in [-0.05, 0) is 78.2 Å². The number of sulfonamides is 1. The lowest BCUT2D eigenvalue weighted by atomic mass is 9.91. The molecule has 2 heterocycles. The minimum atomic E-state index is -3.69. The average Bonchev–Trinajstić information content (AvgIpc) is 3.06. The molecule has 1 saturated heterocycles. The molecule has 0 bridgehead atoms. The van der Waals surface area contributed by atoms with E-state index in [4.69, 9.17) is 23.7 Å². The molecule has 0 aromatic heterocycles. The predicted octanol–water partition coefficient (Wildman–Crippen LogP) is 3.33. The summed E-state index contributed by atoms with van der Waals surface area (Å²) in [7, 11) is 0.754. The SMILES string of the molecule is COC(=O)c1ccc(OCC2c3cc(OC)c(OC)cc3CCN2C(=O)c2ccc(S(=O)(=O)N3CCOCC3)cc2)cc1. The molecule has 11 nitrogen and oxygen atoms in total.